The number of aliphatic carboxylic acids is 1. The molecule has 0 bridgehead atoms. The van der Waals surface area contributed by atoms with E-state index in [2.05, 4.69) is 0 Å². The van der Waals surface area contributed by atoms with Crippen molar-refractivity contribution in [3.63, 3.8) is 0 Å². The van der Waals surface area contributed by atoms with Crippen LogP contribution in [-0.4, -0.2) is 34.7 Å². The SMILES string of the molecule is CC(C)C[C@H](N)C(=O)O.Cl.O=C(CCl)CCl. The highest BCUT2D eigenvalue weighted by Crippen LogP contribution is 2.01. The van der Waals surface area contributed by atoms with Gasteiger partial charge in [0.15, 0.2) is 5.78 Å². The Labute approximate surface area is 112 Å². The number of Topliss-reactive ketones (excluding diaryl/α,β-unsaturated/α-hetero) is 1. The van der Waals surface area contributed by atoms with E-state index >= 15 is 0 Å². The maximum Gasteiger partial charge on any atom is 0.320 e. The van der Waals surface area contributed by atoms with Crippen molar-refractivity contribution in [3.05, 3.63) is 0 Å². The van der Waals surface area contributed by atoms with Gasteiger partial charge in [0.1, 0.15) is 6.04 Å². The van der Waals surface area contributed by atoms with E-state index in [1.807, 2.05) is 13.8 Å². The van der Waals surface area contributed by atoms with Crippen molar-refractivity contribution in [2.45, 2.75) is 26.3 Å². The first-order chi connectivity index (χ1) is 6.84. The summed E-state index contributed by atoms with van der Waals surface area (Å²) in [5.41, 5.74) is 5.22. The molecule has 7 heteroatoms. The van der Waals surface area contributed by atoms with Crippen molar-refractivity contribution in [3.8, 4) is 0 Å². The van der Waals surface area contributed by atoms with Crippen molar-refractivity contribution in [1.29, 1.82) is 0 Å². The molecule has 4 nitrogen and oxygen atoms in total. The Kier molecular flexibility index (Phi) is 17.3. The van der Waals surface area contributed by atoms with Gasteiger partial charge in [-0.3, -0.25) is 9.59 Å². The molecule has 0 spiro atoms. The fourth-order valence-corrected chi connectivity index (χ4v) is 0.930. The van der Waals surface area contributed by atoms with Crippen LogP contribution in [0.4, 0.5) is 0 Å². The van der Waals surface area contributed by atoms with Gasteiger partial charge in [0.25, 0.3) is 0 Å². The molecule has 0 unspecified atom stereocenters. The number of alkyl halides is 2. The zero-order valence-electron chi connectivity index (χ0n) is 9.28. The van der Waals surface area contributed by atoms with Crippen LogP contribution in [0, 0.1) is 5.92 Å². The number of carboxylic acids is 1. The van der Waals surface area contributed by atoms with Crippen LogP contribution in [0.2, 0.25) is 0 Å². The summed E-state index contributed by atoms with van der Waals surface area (Å²) in [6, 6.07) is -0.690. The Balaban J connectivity index is -0.000000214. The predicted molar refractivity (Wildman–Crippen MR) is 68.8 cm³/mol. The second kappa shape index (κ2) is 13.0. The molecule has 3 N–H and O–H groups in total. The van der Waals surface area contributed by atoms with Crippen LogP contribution in [0.1, 0.15) is 20.3 Å². The molecular weight excluding hydrogens is 276 g/mol. The average molecular weight is 295 g/mol. The quantitative estimate of drug-likeness (QED) is 0.759. The van der Waals surface area contributed by atoms with E-state index in [4.69, 9.17) is 34.0 Å². The van der Waals surface area contributed by atoms with Gasteiger partial charge < -0.3 is 10.8 Å². The molecule has 0 aliphatic carbocycles. The second-order valence-corrected chi connectivity index (χ2v) is 3.91. The molecule has 0 aromatic carbocycles. The summed E-state index contributed by atoms with van der Waals surface area (Å²) in [5.74, 6) is -0.620. The third-order valence-corrected chi connectivity index (χ3v) is 1.94. The molecule has 0 aromatic heterocycles. The molecule has 0 aliphatic heterocycles. The minimum Gasteiger partial charge on any atom is -0.480 e. The summed E-state index contributed by atoms with van der Waals surface area (Å²) < 4.78 is 0. The fraction of sp³-hybridized carbons (Fsp3) is 0.778. The van der Waals surface area contributed by atoms with Gasteiger partial charge in [-0.1, -0.05) is 13.8 Å². The summed E-state index contributed by atoms with van der Waals surface area (Å²) in [6.45, 7) is 3.89. The van der Waals surface area contributed by atoms with E-state index in [1.54, 1.807) is 0 Å². The molecule has 0 heterocycles. The number of halogens is 3. The topological polar surface area (TPSA) is 80.4 Å². The fourth-order valence-electron chi connectivity index (χ4n) is 0.644. The van der Waals surface area contributed by atoms with Crippen molar-refractivity contribution < 1.29 is 14.7 Å². The predicted octanol–water partition coefficient (Wildman–Crippen LogP) is 1.90. The molecule has 0 radical (unpaired) electrons. The zero-order chi connectivity index (χ0) is 12.4. The molecule has 0 amide bonds. The average Bonchev–Trinajstić information content (AvgIpc) is 2.16. The summed E-state index contributed by atoms with van der Waals surface area (Å²) in [6.07, 6.45) is 0.551. The molecule has 98 valence electrons. The molecular formula is C9H18Cl3NO3. The van der Waals surface area contributed by atoms with Gasteiger partial charge in [0, 0.05) is 0 Å². The van der Waals surface area contributed by atoms with E-state index in [0.717, 1.165) is 0 Å². The van der Waals surface area contributed by atoms with Crippen LogP contribution < -0.4 is 5.73 Å². The Hall–Kier alpha value is -0.0300. The number of carbonyl (C=O) groups is 2. The summed E-state index contributed by atoms with van der Waals surface area (Å²) in [4.78, 5) is 20.0. The molecule has 16 heavy (non-hydrogen) atoms. The molecule has 0 saturated heterocycles. The Morgan fingerprint density at radius 1 is 1.25 bits per heavy atom. The van der Waals surface area contributed by atoms with Gasteiger partial charge in [-0.25, -0.2) is 0 Å². The lowest BCUT2D eigenvalue weighted by Gasteiger charge is -2.07. The van der Waals surface area contributed by atoms with Crippen LogP contribution in [0.5, 0.6) is 0 Å². The maximum atomic E-state index is 10.1. The standard InChI is InChI=1S/C6H13NO2.C3H4Cl2O.ClH/c1-4(2)3-5(7)6(8)9;4-1-3(6)2-5;/h4-5H,3,7H2,1-2H3,(H,8,9);1-2H2;1H/t5-;;/m0../s1. The lowest BCUT2D eigenvalue weighted by atomic mass is 10.1. The smallest absolute Gasteiger partial charge is 0.320 e. The van der Waals surface area contributed by atoms with E-state index in [0.29, 0.717) is 12.3 Å². The lowest BCUT2D eigenvalue weighted by molar-refractivity contribution is -0.138. The van der Waals surface area contributed by atoms with Crippen LogP contribution >= 0.6 is 35.6 Å². The maximum absolute atomic E-state index is 10.1. The van der Waals surface area contributed by atoms with Crippen molar-refractivity contribution >= 4 is 47.4 Å². The van der Waals surface area contributed by atoms with Crippen LogP contribution in [0.25, 0.3) is 0 Å². The molecule has 0 aliphatic rings. The van der Waals surface area contributed by atoms with E-state index in [9.17, 15) is 9.59 Å². The highest BCUT2D eigenvalue weighted by Gasteiger charge is 2.11. The monoisotopic (exact) mass is 293 g/mol. The highest BCUT2D eigenvalue weighted by atomic mass is 35.5. The van der Waals surface area contributed by atoms with Gasteiger partial charge in [-0.05, 0) is 12.3 Å². The Morgan fingerprint density at radius 3 is 1.69 bits per heavy atom. The minimum absolute atomic E-state index is 0. The van der Waals surface area contributed by atoms with Gasteiger partial charge >= 0.3 is 5.97 Å². The first-order valence-electron chi connectivity index (χ1n) is 4.47. The van der Waals surface area contributed by atoms with Crippen molar-refractivity contribution in [2.75, 3.05) is 11.8 Å². The van der Waals surface area contributed by atoms with E-state index < -0.39 is 12.0 Å². The van der Waals surface area contributed by atoms with Crippen molar-refractivity contribution in [1.82, 2.24) is 0 Å². The van der Waals surface area contributed by atoms with Crippen LogP contribution in [0.3, 0.4) is 0 Å². The zero-order valence-corrected chi connectivity index (χ0v) is 11.6. The summed E-state index contributed by atoms with van der Waals surface area (Å²) >= 11 is 10.0. The number of hydrogen-bond acceptors (Lipinski definition) is 3. The van der Waals surface area contributed by atoms with E-state index in [-0.39, 0.29) is 30.0 Å². The van der Waals surface area contributed by atoms with Gasteiger partial charge in [0.05, 0.1) is 11.8 Å². The second-order valence-electron chi connectivity index (χ2n) is 3.38. The third-order valence-electron chi connectivity index (χ3n) is 1.34. The van der Waals surface area contributed by atoms with Gasteiger partial charge in [0.2, 0.25) is 0 Å². The number of ketones is 1. The summed E-state index contributed by atoms with van der Waals surface area (Å²) in [5, 5.41) is 8.31. The van der Waals surface area contributed by atoms with Gasteiger partial charge in [-0.15, -0.1) is 35.6 Å². The molecule has 0 fully saturated rings. The van der Waals surface area contributed by atoms with E-state index in [1.165, 1.54) is 0 Å². The Bertz CT molecular complexity index is 194. The van der Waals surface area contributed by atoms with Crippen molar-refractivity contribution in [2.24, 2.45) is 11.7 Å². The number of nitrogens with two attached hydrogens (primary N) is 1. The Morgan fingerprint density at radius 2 is 1.62 bits per heavy atom. The third kappa shape index (κ3) is 16.4. The number of hydrogen-bond donors (Lipinski definition) is 2. The first kappa shape index (κ1) is 21.3. The van der Waals surface area contributed by atoms with Crippen LogP contribution in [0.15, 0.2) is 0 Å². The molecule has 1 atom stereocenters. The summed E-state index contributed by atoms with van der Waals surface area (Å²) in [7, 11) is 0. The molecule has 0 aromatic rings. The van der Waals surface area contributed by atoms with Crippen LogP contribution in [-0.2, 0) is 9.59 Å². The first-order valence-corrected chi connectivity index (χ1v) is 5.54. The largest absolute Gasteiger partial charge is 0.480 e. The highest BCUT2D eigenvalue weighted by molar-refractivity contribution is 6.35. The normalized spacial score (nSPS) is 10.9. The molecule has 0 rings (SSSR count). The minimum atomic E-state index is -0.913. The molecule has 0 saturated carbocycles. The lowest BCUT2D eigenvalue weighted by Crippen LogP contribution is -2.31. The number of carboxylic acid groups (broad SMARTS) is 1. The number of rotatable bonds is 5. The van der Waals surface area contributed by atoms with Gasteiger partial charge in [-0.2, -0.15) is 0 Å². The number of carbonyl (C=O) groups excluding carboxylic acids is 1.